The highest BCUT2D eigenvalue weighted by Gasteiger charge is 2.27. The normalized spacial score (nSPS) is 13.7. The van der Waals surface area contributed by atoms with Crippen molar-refractivity contribution in [2.45, 2.75) is 23.8 Å². The van der Waals surface area contributed by atoms with Gasteiger partial charge in [0.2, 0.25) is 0 Å². The first-order valence-corrected chi connectivity index (χ1v) is 8.06. The van der Waals surface area contributed by atoms with Gasteiger partial charge in [0.25, 0.3) is 0 Å². The molecular formula is C18H16N2S. The van der Waals surface area contributed by atoms with Crippen LogP contribution in [0.5, 0.6) is 0 Å². The zero-order chi connectivity index (χ0) is 14.7. The molecular weight excluding hydrogens is 276 g/mol. The average molecular weight is 292 g/mol. The molecule has 3 heteroatoms. The van der Waals surface area contributed by atoms with Crippen LogP contribution in [0.3, 0.4) is 0 Å². The van der Waals surface area contributed by atoms with Crippen molar-refractivity contribution in [2.75, 3.05) is 5.75 Å². The van der Waals surface area contributed by atoms with Crippen molar-refractivity contribution in [2.24, 2.45) is 0 Å². The van der Waals surface area contributed by atoms with Gasteiger partial charge in [-0.3, -0.25) is 0 Å². The number of rotatable bonds is 5. The van der Waals surface area contributed by atoms with Crippen molar-refractivity contribution in [1.82, 2.24) is 4.98 Å². The molecule has 2 aromatic rings. The molecule has 0 amide bonds. The molecule has 104 valence electrons. The fourth-order valence-corrected chi connectivity index (χ4v) is 3.07. The van der Waals surface area contributed by atoms with E-state index in [1.807, 2.05) is 24.3 Å². The number of aromatic nitrogens is 1. The Kier molecular flexibility index (Phi) is 4.08. The Morgan fingerprint density at radius 3 is 2.71 bits per heavy atom. The van der Waals surface area contributed by atoms with Gasteiger partial charge < -0.3 is 0 Å². The zero-order valence-electron chi connectivity index (χ0n) is 11.7. The van der Waals surface area contributed by atoms with Gasteiger partial charge in [-0.05, 0) is 24.5 Å². The predicted octanol–water partition coefficient (Wildman–Crippen LogP) is 4.78. The minimum Gasteiger partial charge on any atom is -0.245 e. The predicted molar refractivity (Wildman–Crippen MR) is 87.3 cm³/mol. The molecule has 0 aliphatic heterocycles. The van der Waals surface area contributed by atoms with Crippen molar-refractivity contribution in [1.29, 1.82) is 5.26 Å². The molecule has 0 radical (unpaired) electrons. The lowest BCUT2D eigenvalue weighted by atomic mass is 10.0. The van der Waals surface area contributed by atoms with E-state index in [0.717, 1.165) is 27.6 Å². The summed E-state index contributed by atoms with van der Waals surface area (Å²) >= 11 is 1.59. The quantitative estimate of drug-likeness (QED) is 0.588. The van der Waals surface area contributed by atoms with Gasteiger partial charge in [-0.15, -0.1) is 18.3 Å². The third-order valence-corrected chi connectivity index (χ3v) is 4.51. The first-order chi connectivity index (χ1) is 10.3. The van der Waals surface area contributed by atoms with Gasteiger partial charge in [-0.25, -0.2) is 4.98 Å². The van der Waals surface area contributed by atoms with Crippen LogP contribution < -0.4 is 0 Å². The van der Waals surface area contributed by atoms with Crippen molar-refractivity contribution in [3.63, 3.8) is 0 Å². The second-order valence-electron chi connectivity index (χ2n) is 5.13. The molecule has 21 heavy (non-hydrogen) atoms. The second-order valence-corrected chi connectivity index (χ2v) is 6.14. The zero-order valence-corrected chi connectivity index (χ0v) is 12.6. The number of hydrogen-bond donors (Lipinski definition) is 0. The van der Waals surface area contributed by atoms with Gasteiger partial charge in [0.15, 0.2) is 0 Å². The van der Waals surface area contributed by atoms with Crippen molar-refractivity contribution in [3.05, 3.63) is 60.3 Å². The van der Waals surface area contributed by atoms with Gasteiger partial charge in [0.1, 0.15) is 11.1 Å². The van der Waals surface area contributed by atoms with E-state index in [1.54, 1.807) is 11.8 Å². The molecule has 0 atom stereocenters. The molecule has 0 unspecified atom stereocenters. The number of benzene rings is 1. The Balaban J connectivity index is 2.14. The van der Waals surface area contributed by atoms with E-state index in [1.165, 1.54) is 12.8 Å². The molecule has 0 saturated heterocycles. The smallest absolute Gasteiger partial charge is 0.115 e. The molecule has 0 spiro atoms. The molecule has 0 bridgehead atoms. The maximum absolute atomic E-state index is 9.58. The summed E-state index contributed by atoms with van der Waals surface area (Å²) in [6.45, 7) is 3.75. The lowest BCUT2D eigenvalue weighted by Crippen LogP contribution is -1.97. The number of thioether (sulfide) groups is 1. The van der Waals surface area contributed by atoms with E-state index in [9.17, 15) is 5.26 Å². The summed E-state index contributed by atoms with van der Waals surface area (Å²) in [5.74, 6) is 1.34. The summed E-state index contributed by atoms with van der Waals surface area (Å²) in [6.07, 6.45) is 4.26. The van der Waals surface area contributed by atoms with E-state index < -0.39 is 0 Å². The highest BCUT2D eigenvalue weighted by molar-refractivity contribution is 7.99. The summed E-state index contributed by atoms with van der Waals surface area (Å²) in [5, 5.41) is 10.4. The molecule has 2 nitrogen and oxygen atoms in total. The number of nitriles is 1. The molecule has 1 heterocycles. The number of pyridine rings is 1. The van der Waals surface area contributed by atoms with E-state index in [4.69, 9.17) is 4.98 Å². The summed E-state index contributed by atoms with van der Waals surface area (Å²) in [7, 11) is 0. The molecule has 1 aromatic heterocycles. The van der Waals surface area contributed by atoms with Crippen molar-refractivity contribution in [3.8, 4) is 17.2 Å². The summed E-state index contributed by atoms with van der Waals surface area (Å²) in [5.41, 5.74) is 3.89. The van der Waals surface area contributed by atoms with Gasteiger partial charge >= 0.3 is 0 Å². The van der Waals surface area contributed by atoms with E-state index in [2.05, 4.69) is 30.8 Å². The molecule has 1 fully saturated rings. The number of nitrogens with zero attached hydrogens (tertiary/aromatic N) is 2. The lowest BCUT2D eigenvalue weighted by Gasteiger charge is -2.11. The minimum atomic E-state index is 0.572. The van der Waals surface area contributed by atoms with Crippen LogP contribution in [0.1, 0.15) is 30.0 Å². The van der Waals surface area contributed by atoms with Crippen LogP contribution in [-0.4, -0.2) is 10.7 Å². The first kappa shape index (κ1) is 13.9. The molecule has 1 aliphatic carbocycles. The maximum atomic E-state index is 9.58. The molecule has 1 aliphatic rings. The van der Waals surface area contributed by atoms with Crippen LogP contribution in [-0.2, 0) is 0 Å². The van der Waals surface area contributed by atoms with Crippen molar-refractivity contribution < 1.29 is 0 Å². The summed E-state index contributed by atoms with van der Waals surface area (Å²) in [6, 6.07) is 14.5. The van der Waals surface area contributed by atoms with Crippen LogP contribution in [0.4, 0.5) is 0 Å². The van der Waals surface area contributed by atoms with Gasteiger partial charge in [-0.1, -0.05) is 36.4 Å². The average Bonchev–Trinajstić information content (AvgIpc) is 3.37. The second kappa shape index (κ2) is 6.15. The van der Waals surface area contributed by atoms with Crippen molar-refractivity contribution >= 4 is 11.8 Å². The fourth-order valence-electron chi connectivity index (χ4n) is 2.32. The van der Waals surface area contributed by atoms with E-state index in [0.29, 0.717) is 11.5 Å². The van der Waals surface area contributed by atoms with Gasteiger partial charge in [0, 0.05) is 22.9 Å². The van der Waals surface area contributed by atoms with E-state index in [-0.39, 0.29) is 0 Å². The van der Waals surface area contributed by atoms with Gasteiger partial charge in [0.05, 0.1) is 5.56 Å². The molecule has 3 rings (SSSR count). The largest absolute Gasteiger partial charge is 0.245 e. The fraction of sp³-hybridized carbons (Fsp3) is 0.222. The maximum Gasteiger partial charge on any atom is 0.115 e. The number of hydrogen-bond acceptors (Lipinski definition) is 3. The third kappa shape index (κ3) is 3.01. The Bertz CT molecular complexity index is 697. The van der Waals surface area contributed by atoms with Crippen LogP contribution >= 0.6 is 11.8 Å². The standard InChI is InChI=1S/C18H16N2S/c1-2-10-21-18-16(12-19)15(13-6-4-3-5-7-13)11-17(20-18)14-8-9-14/h2-7,11,14H,1,8-10H2. The Morgan fingerprint density at radius 2 is 2.10 bits per heavy atom. The molecule has 1 aromatic carbocycles. The first-order valence-electron chi connectivity index (χ1n) is 7.07. The SMILES string of the molecule is C=CCSc1nc(C2CC2)cc(-c2ccccc2)c1C#N. The monoisotopic (exact) mass is 292 g/mol. The molecule has 1 saturated carbocycles. The van der Waals surface area contributed by atoms with Crippen LogP contribution in [0.2, 0.25) is 0 Å². The van der Waals surface area contributed by atoms with Crippen LogP contribution in [0.15, 0.2) is 54.1 Å². The third-order valence-electron chi connectivity index (χ3n) is 3.54. The van der Waals surface area contributed by atoms with Crippen LogP contribution in [0.25, 0.3) is 11.1 Å². The Labute approximate surface area is 129 Å². The Hall–Kier alpha value is -2.05. The summed E-state index contributed by atoms with van der Waals surface area (Å²) < 4.78 is 0. The minimum absolute atomic E-state index is 0.572. The highest BCUT2D eigenvalue weighted by atomic mass is 32.2. The van der Waals surface area contributed by atoms with E-state index >= 15 is 0 Å². The lowest BCUT2D eigenvalue weighted by molar-refractivity contribution is 0.956. The van der Waals surface area contributed by atoms with Crippen LogP contribution in [0, 0.1) is 11.3 Å². The summed E-state index contributed by atoms with van der Waals surface area (Å²) in [4.78, 5) is 4.72. The molecule has 0 N–H and O–H groups in total. The highest BCUT2D eigenvalue weighted by Crippen LogP contribution is 2.42. The Morgan fingerprint density at radius 1 is 1.33 bits per heavy atom. The van der Waals surface area contributed by atoms with Gasteiger partial charge in [-0.2, -0.15) is 5.26 Å². The topological polar surface area (TPSA) is 36.7 Å².